The van der Waals surface area contributed by atoms with Gasteiger partial charge in [-0.2, -0.15) is 0 Å². The van der Waals surface area contributed by atoms with Crippen LogP contribution >= 0.6 is 22.9 Å². The third kappa shape index (κ3) is 2.58. The van der Waals surface area contributed by atoms with Crippen LogP contribution in [0.5, 0.6) is 0 Å². The molecule has 0 spiro atoms. The second kappa shape index (κ2) is 5.20. The Morgan fingerprint density at radius 3 is 2.58 bits per heavy atom. The maximum absolute atomic E-state index is 6.43. The van der Waals surface area contributed by atoms with Crippen molar-refractivity contribution in [2.75, 3.05) is 0 Å². The van der Waals surface area contributed by atoms with Crippen molar-refractivity contribution in [2.24, 2.45) is 0 Å². The van der Waals surface area contributed by atoms with Crippen molar-refractivity contribution in [3.63, 3.8) is 0 Å². The topological polar surface area (TPSA) is 0 Å². The minimum Gasteiger partial charge on any atom is -0.134 e. The maximum Gasteiger partial charge on any atom is 0.0664 e. The highest BCUT2D eigenvalue weighted by atomic mass is 35.5. The molecule has 1 heterocycles. The predicted octanol–water partition coefficient (Wildman–Crippen LogP) is 6.03. The lowest BCUT2D eigenvalue weighted by Crippen LogP contribution is -1.70. The summed E-state index contributed by atoms with van der Waals surface area (Å²) >= 11 is 8.17. The van der Waals surface area contributed by atoms with Gasteiger partial charge in [0.25, 0.3) is 0 Å². The van der Waals surface area contributed by atoms with E-state index in [0.717, 1.165) is 15.3 Å². The Morgan fingerprint density at radius 2 is 1.79 bits per heavy atom. The van der Waals surface area contributed by atoms with Crippen LogP contribution in [0.25, 0.3) is 22.2 Å². The minimum absolute atomic E-state index is 0.854. The summed E-state index contributed by atoms with van der Waals surface area (Å²) in [5, 5.41) is 2.00. The van der Waals surface area contributed by atoms with Crippen molar-refractivity contribution in [2.45, 2.75) is 6.92 Å². The number of hydrogen-bond acceptors (Lipinski definition) is 1. The molecule has 0 unspecified atom stereocenters. The number of benzene rings is 2. The zero-order valence-electron chi connectivity index (χ0n) is 10.6. The van der Waals surface area contributed by atoms with Crippen LogP contribution in [-0.2, 0) is 0 Å². The molecule has 19 heavy (non-hydrogen) atoms. The Bertz CT molecular complexity index is 739. The van der Waals surface area contributed by atoms with E-state index in [9.17, 15) is 0 Å². The third-order valence-corrected chi connectivity index (χ3v) is 4.67. The summed E-state index contributed by atoms with van der Waals surface area (Å²) in [6.07, 6.45) is 4.20. The first-order valence-corrected chi connectivity index (χ1v) is 7.35. The lowest BCUT2D eigenvalue weighted by atomic mass is 10.2. The predicted molar refractivity (Wildman–Crippen MR) is 86.9 cm³/mol. The third-order valence-electron chi connectivity index (χ3n) is 3.04. The van der Waals surface area contributed by atoms with E-state index in [1.165, 1.54) is 15.8 Å². The zero-order chi connectivity index (χ0) is 13.2. The summed E-state index contributed by atoms with van der Waals surface area (Å²) in [7, 11) is 0. The second-order valence-corrected chi connectivity index (χ2v) is 5.99. The van der Waals surface area contributed by atoms with E-state index in [2.05, 4.69) is 49.4 Å². The number of halogens is 1. The second-order valence-electron chi connectivity index (χ2n) is 4.52. The van der Waals surface area contributed by atoms with E-state index >= 15 is 0 Å². The van der Waals surface area contributed by atoms with E-state index in [-0.39, 0.29) is 0 Å². The van der Waals surface area contributed by atoms with Crippen LogP contribution < -0.4 is 0 Å². The maximum atomic E-state index is 6.43. The molecular weight excluding hydrogens is 272 g/mol. The molecule has 0 aliphatic heterocycles. The van der Waals surface area contributed by atoms with Gasteiger partial charge in [-0.1, -0.05) is 60.1 Å². The highest BCUT2D eigenvalue weighted by molar-refractivity contribution is 7.20. The number of rotatable bonds is 2. The van der Waals surface area contributed by atoms with Gasteiger partial charge in [0.15, 0.2) is 0 Å². The molecule has 0 amide bonds. The van der Waals surface area contributed by atoms with Crippen molar-refractivity contribution in [3.8, 4) is 0 Å². The van der Waals surface area contributed by atoms with E-state index in [0.29, 0.717) is 0 Å². The Morgan fingerprint density at radius 1 is 1.00 bits per heavy atom. The Hall–Kier alpha value is -1.57. The summed E-state index contributed by atoms with van der Waals surface area (Å²) in [5.74, 6) is 0. The Balaban J connectivity index is 2.02. The van der Waals surface area contributed by atoms with Gasteiger partial charge < -0.3 is 0 Å². The zero-order valence-corrected chi connectivity index (χ0v) is 12.1. The summed E-state index contributed by atoms with van der Waals surface area (Å²) in [6, 6.07) is 16.7. The number of thiophene rings is 1. The van der Waals surface area contributed by atoms with Gasteiger partial charge in [-0.3, -0.25) is 0 Å². The first-order valence-electron chi connectivity index (χ1n) is 6.16. The van der Waals surface area contributed by atoms with Gasteiger partial charge in [0.2, 0.25) is 0 Å². The number of fused-ring (bicyclic) bond motifs is 1. The van der Waals surface area contributed by atoms with E-state index in [1.807, 2.05) is 18.2 Å². The summed E-state index contributed by atoms with van der Waals surface area (Å²) in [5.41, 5.74) is 2.45. The molecule has 2 heteroatoms. The average molecular weight is 285 g/mol. The molecule has 0 saturated carbocycles. The normalized spacial score (nSPS) is 11.5. The molecule has 3 rings (SSSR count). The molecule has 0 aliphatic carbocycles. The van der Waals surface area contributed by atoms with Gasteiger partial charge in [-0.25, -0.2) is 0 Å². The fourth-order valence-corrected chi connectivity index (χ4v) is 3.53. The summed E-state index contributed by atoms with van der Waals surface area (Å²) in [4.78, 5) is 1.12. The van der Waals surface area contributed by atoms with Crippen molar-refractivity contribution in [1.82, 2.24) is 0 Å². The van der Waals surface area contributed by atoms with Crippen LogP contribution in [0.15, 0.2) is 48.5 Å². The standard InChI is InChI=1S/C17H13ClS/c1-12-7-9-14-16(11-12)19-15(17(14)18)10-8-13-5-3-2-4-6-13/h2-11H,1H3/b10-8-. The Labute approximate surface area is 122 Å². The van der Waals surface area contributed by atoms with Crippen molar-refractivity contribution >= 4 is 45.2 Å². The molecule has 0 atom stereocenters. The largest absolute Gasteiger partial charge is 0.134 e. The first-order chi connectivity index (χ1) is 9.24. The van der Waals surface area contributed by atoms with E-state index in [4.69, 9.17) is 11.6 Å². The smallest absolute Gasteiger partial charge is 0.0664 e. The molecule has 0 fully saturated rings. The van der Waals surface area contributed by atoms with E-state index < -0.39 is 0 Å². The molecule has 0 saturated heterocycles. The van der Waals surface area contributed by atoms with Crippen molar-refractivity contribution in [1.29, 1.82) is 0 Å². The summed E-state index contributed by atoms with van der Waals surface area (Å²) in [6.45, 7) is 2.10. The van der Waals surface area contributed by atoms with Crippen LogP contribution in [0.3, 0.4) is 0 Å². The highest BCUT2D eigenvalue weighted by Gasteiger charge is 2.07. The molecule has 0 N–H and O–H groups in total. The number of hydrogen-bond donors (Lipinski definition) is 0. The van der Waals surface area contributed by atoms with Gasteiger partial charge in [0.05, 0.1) is 5.02 Å². The molecule has 0 bridgehead atoms. The number of aryl methyl sites for hydroxylation is 1. The molecule has 0 aliphatic rings. The lowest BCUT2D eigenvalue weighted by Gasteiger charge is -1.92. The van der Waals surface area contributed by atoms with Crippen LogP contribution in [0.1, 0.15) is 16.0 Å². The van der Waals surface area contributed by atoms with Gasteiger partial charge >= 0.3 is 0 Å². The molecule has 0 nitrogen and oxygen atoms in total. The molecule has 94 valence electrons. The van der Waals surface area contributed by atoms with Gasteiger partial charge in [0, 0.05) is 15.0 Å². The van der Waals surface area contributed by atoms with Crippen LogP contribution in [0, 0.1) is 6.92 Å². The molecule has 2 aromatic carbocycles. The first kappa shape index (κ1) is 12.5. The fraction of sp³-hybridized carbons (Fsp3) is 0.0588. The highest BCUT2D eigenvalue weighted by Crippen LogP contribution is 2.36. The molecule has 0 radical (unpaired) electrons. The van der Waals surface area contributed by atoms with Crippen LogP contribution in [-0.4, -0.2) is 0 Å². The van der Waals surface area contributed by atoms with Crippen LogP contribution in [0.4, 0.5) is 0 Å². The minimum atomic E-state index is 0.854. The van der Waals surface area contributed by atoms with Gasteiger partial charge in [-0.05, 0) is 30.2 Å². The summed E-state index contributed by atoms with van der Waals surface area (Å²) < 4.78 is 1.25. The Kier molecular flexibility index (Phi) is 3.41. The van der Waals surface area contributed by atoms with Crippen LogP contribution in [0.2, 0.25) is 5.02 Å². The molecule has 3 aromatic rings. The van der Waals surface area contributed by atoms with Gasteiger partial charge in [0.1, 0.15) is 0 Å². The van der Waals surface area contributed by atoms with Gasteiger partial charge in [-0.15, -0.1) is 11.3 Å². The quantitative estimate of drug-likeness (QED) is 0.539. The molecule has 1 aromatic heterocycles. The average Bonchev–Trinajstić information content (AvgIpc) is 2.74. The lowest BCUT2D eigenvalue weighted by molar-refractivity contribution is 1.52. The van der Waals surface area contributed by atoms with Crippen molar-refractivity contribution < 1.29 is 0 Å². The molecular formula is C17H13ClS. The van der Waals surface area contributed by atoms with E-state index in [1.54, 1.807) is 11.3 Å². The fourth-order valence-electron chi connectivity index (χ4n) is 2.03. The van der Waals surface area contributed by atoms with Crippen molar-refractivity contribution in [3.05, 3.63) is 69.6 Å². The monoisotopic (exact) mass is 284 g/mol. The SMILES string of the molecule is Cc1ccc2c(Cl)c(/C=C\c3ccccc3)sc2c1.